The van der Waals surface area contributed by atoms with Crippen molar-refractivity contribution in [3.63, 3.8) is 0 Å². The van der Waals surface area contributed by atoms with Crippen LogP contribution in [-0.4, -0.2) is 62.2 Å². The van der Waals surface area contributed by atoms with Crippen LogP contribution in [0.5, 0.6) is 17.2 Å². The monoisotopic (exact) mass is 500 g/mol. The molecule has 0 aliphatic heterocycles. The summed E-state index contributed by atoms with van der Waals surface area (Å²) in [4.78, 5) is 22.3. The van der Waals surface area contributed by atoms with E-state index in [0.29, 0.717) is 24.7 Å². The lowest BCUT2D eigenvalue weighted by atomic mass is 10.1. The molecule has 0 radical (unpaired) electrons. The Morgan fingerprint density at radius 2 is 1.81 bits per heavy atom. The van der Waals surface area contributed by atoms with E-state index in [2.05, 4.69) is 26.3 Å². The third-order valence-electron chi connectivity index (χ3n) is 5.89. The number of carbonyl (C=O) groups excluding carboxylic acids is 1. The van der Waals surface area contributed by atoms with Gasteiger partial charge in [0.25, 0.3) is 0 Å². The fourth-order valence-corrected chi connectivity index (χ4v) is 3.81. The zero-order valence-electron chi connectivity index (χ0n) is 21.6. The predicted octanol–water partition coefficient (Wildman–Crippen LogP) is 4.52. The van der Waals surface area contributed by atoms with Crippen molar-refractivity contribution in [2.45, 2.75) is 6.54 Å². The third kappa shape index (κ3) is 6.68. The smallest absolute Gasteiger partial charge is 0.244 e. The Hall–Kier alpha value is -4.30. The Morgan fingerprint density at radius 3 is 2.54 bits per heavy atom. The number of methoxy groups -OCH3 is 2. The lowest BCUT2D eigenvalue weighted by Crippen LogP contribution is -2.20. The summed E-state index contributed by atoms with van der Waals surface area (Å²) in [5, 5.41) is 3.84. The Labute approximate surface area is 216 Å². The summed E-state index contributed by atoms with van der Waals surface area (Å²) in [6.45, 7) is 1.87. The van der Waals surface area contributed by atoms with Crippen molar-refractivity contribution in [2.75, 3.05) is 41.5 Å². The van der Waals surface area contributed by atoms with Crippen LogP contribution in [0.3, 0.4) is 0 Å². The molecule has 1 amide bonds. The number of hydrogen-bond donors (Lipinski definition) is 2. The largest absolute Gasteiger partial charge is 0.493 e. The summed E-state index contributed by atoms with van der Waals surface area (Å²) < 4.78 is 16.4. The van der Waals surface area contributed by atoms with E-state index in [-0.39, 0.29) is 5.91 Å². The molecule has 0 atom stereocenters. The number of likely N-dealkylation sites (N-methyl/N-ethyl adjacent to an activating group) is 1. The number of aromatic amines is 1. The fraction of sp³-hybridized carbons (Fsp3) is 0.241. The summed E-state index contributed by atoms with van der Waals surface area (Å²) in [6, 6.07) is 15.6. The van der Waals surface area contributed by atoms with E-state index in [9.17, 15) is 4.79 Å². The molecular weight excluding hydrogens is 468 g/mol. The maximum absolute atomic E-state index is 12.5. The lowest BCUT2D eigenvalue weighted by Gasteiger charge is -2.11. The summed E-state index contributed by atoms with van der Waals surface area (Å²) in [6.07, 6.45) is 7.00. The maximum Gasteiger partial charge on any atom is 0.244 e. The van der Waals surface area contributed by atoms with Crippen molar-refractivity contribution in [3.05, 3.63) is 78.1 Å². The molecule has 0 aliphatic rings. The lowest BCUT2D eigenvalue weighted by molar-refractivity contribution is -0.116. The summed E-state index contributed by atoms with van der Waals surface area (Å²) >= 11 is 0. The molecule has 0 fully saturated rings. The Kier molecular flexibility index (Phi) is 8.43. The number of pyridine rings is 1. The number of rotatable bonds is 11. The molecule has 0 unspecified atom stereocenters. The number of H-pyrrole nitrogens is 1. The van der Waals surface area contributed by atoms with Crippen molar-refractivity contribution in [1.29, 1.82) is 0 Å². The molecule has 2 aromatic heterocycles. The van der Waals surface area contributed by atoms with E-state index in [1.165, 1.54) is 6.08 Å². The van der Waals surface area contributed by atoms with Gasteiger partial charge < -0.3 is 29.4 Å². The maximum atomic E-state index is 12.5. The van der Waals surface area contributed by atoms with Crippen LogP contribution in [0.25, 0.3) is 28.2 Å². The normalized spacial score (nSPS) is 11.3. The van der Waals surface area contributed by atoms with Gasteiger partial charge in [-0.15, -0.1) is 0 Å². The van der Waals surface area contributed by atoms with Gasteiger partial charge in [-0.1, -0.05) is 18.2 Å². The van der Waals surface area contributed by atoms with Crippen molar-refractivity contribution in [3.8, 4) is 28.4 Å². The van der Waals surface area contributed by atoms with Gasteiger partial charge in [0.1, 0.15) is 18.0 Å². The number of nitrogens with zero attached hydrogens (tertiary/aromatic N) is 2. The van der Waals surface area contributed by atoms with Gasteiger partial charge in [0.15, 0.2) is 11.5 Å². The van der Waals surface area contributed by atoms with Crippen molar-refractivity contribution >= 4 is 23.0 Å². The molecule has 8 heteroatoms. The molecule has 192 valence electrons. The molecule has 2 N–H and O–H groups in total. The first kappa shape index (κ1) is 25.8. The highest BCUT2D eigenvalue weighted by Crippen LogP contribution is 2.28. The molecule has 0 saturated heterocycles. The van der Waals surface area contributed by atoms with Gasteiger partial charge in [-0.05, 0) is 61.6 Å². The van der Waals surface area contributed by atoms with Gasteiger partial charge in [-0.2, -0.15) is 0 Å². The quantitative estimate of drug-likeness (QED) is 0.295. The van der Waals surface area contributed by atoms with E-state index >= 15 is 0 Å². The summed E-state index contributed by atoms with van der Waals surface area (Å²) in [5.74, 6) is 1.91. The molecule has 0 saturated carbocycles. The number of hydrogen-bond acceptors (Lipinski definition) is 6. The highest BCUT2D eigenvalue weighted by Gasteiger charge is 2.08. The topological polar surface area (TPSA) is 88.7 Å². The minimum absolute atomic E-state index is 0.196. The van der Waals surface area contributed by atoms with Gasteiger partial charge in [0, 0.05) is 48.1 Å². The van der Waals surface area contributed by atoms with Crippen molar-refractivity contribution in [2.24, 2.45) is 0 Å². The molecule has 8 nitrogen and oxygen atoms in total. The van der Waals surface area contributed by atoms with Gasteiger partial charge >= 0.3 is 0 Å². The second kappa shape index (κ2) is 12.1. The van der Waals surface area contributed by atoms with E-state index in [1.54, 1.807) is 20.3 Å². The fourth-order valence-electron chi connectivity index (χ4n) is 3.81. The van der Waals surface area contributed by atoms with Gasteiger partial charge in [-0.3, -0.25) is 4.79 Å². The molecule has 0 bridgehead atoms. The second-order valence-corrected chi connectivity index (χ2v) is 8.78. The van der Waals surface area contributed by atoms with Gasteiger partial charge in [0.05, 0.1) is 14.2 Å². The SMILES string of the molecule is COc1ccc(CNC(=O)/C=C/c2c[nH]c3ncc(-c4ccc(OCCN(C)C)cc4)cc23)cc1OC. The number of benzene rings is 2. The van der Waals surface area contributed by atoms with Crippen molar-refractivity contribution < 1.29 is 19.0 Å². The third-order valence-corrected chi connectivity index (χ3v) is 5.89. The van der Waals surface area contributed by atoms with E-state index in [0.717, 1.165) is 45.6 Å². The van der Waals surface area contributed by atoms with Crippen LogP contribution in [0.4, 0.5) is 0 Å². The van der Waals surface area contributed by atoms with Gasteiger partial charge in [-0.25, -0.2) is 4.98 Å². The zero-order chi connectivity index (χ0) is 26.2. The van der Waals surface area contributed by atoms with Gasteiger partial charge in [0.2, 0.25) is 5.91 Å². The first-order chi connectivity index (χ1) is 18.0. The van der Waals surface area contributed by atoms with Crippen LogP contribution >= 0.6 is 0 Å². The van der Waals surface area contributed by atoms with E-state index < -0.39 is 0 Å². The standard InChI is InChI=1S/C29H32N4O4/c1-33(2)13-14-37-24-9-6-21(7-10-24)23-16-25-22(18-31-29(25)32-19-23)8-12-28(34)30-17-20-5-11-26(35-3)27(15-20)36-4/h5-12,15-16,18-19H,13-14,17H2,1-4H3,(H,30,34)(H,31,32)/b12-8+. The average molecular weight is 501 g/mol. The van der Waals surface area contributed by atoms with Crippen LogP contribution in [0.15, 0.2) is 67.0 Å². The van der Waals surface area contributed by atoms with E-state index in [1.807, 2.05) is 69.0 Å². The van der Waals surface area contributed by atoms with Crippen LogP contribution in [0.2, 0.25) is 0 Å². The average Bonchev–Trinajstić information content (AvgIpc) is 3.33. The van der Waals surface area contributed by atoms with Crippen LogP contribution in [0, 0.1) is 0 Å². The first-order valence-corrected chi connectivity index (χ1v) is 12.0. The molecule has 37 heavy (non-hydrogen) atoms. The number of nitrogens with one attached hydrogen (secondary N) is 2. The number of amides is 1. The Balaban J connectivity index is 1.41. The molecular formula is C29H32N4O4. The number of aromatic nitrogens is 2. The Bertz CT molecular complexity index is 1380. The molecule has 4 rings (SSSR count). The van der Waals surface area contributed by atoms with Crippen LogP contribution < -0.4 is 19.5 Å². The number of ether oxygens (including phenoxy) is 3. The molecule has 2 aromatic carbocycles. The highest BCUT2D eigenvalue weighted by molar-refractivity contribution is 5.96. The number of carbonyl (C=O) groups is 1. The zero-order valence-corrected chi connectivity index (χ0v) is 21.6. The number of fused-ring (bicyclic) bond motifs is 1. The predicted molar refractivity (Wildman–Crippen MR) is 146 cm³/mol. The highest BCUT2D eigenvalue weighted by atomic mass is 16.5. The molecule has 0 aliphatic carbocycles. The van der Waals surface area contributed by atoms with Crippen LogP contribution in [0.1, 0.15) is 11.1 Å². The minimum Gasteiger partial charge on any atom is -0.493 e. The minimum atomic E-state index is -0.196. The second-order valence-electron chi connectivity index (χ2n) is 8.78. The van der Waals surface area contributed by atoms with Crippen LogP contribution in [-0.2, 0) is 11.3 Å². The van der Waals surface area contributed by atoms with E-state index in [4.69, 9.17) is 14.2 Å². The summed E-state index contributed by atoms with van der Waals surface area (Å²) in [5.41, 5.74) is 4.58. The summed E-state index contributed by atoms with van der Waals surface area (Å²) in [7, 11) is 7.22. The molecule has 4 aromatic rings. The Morgan fingerprint density at radius 1 is 1.03 bits per heavy atom. The molecule has 0 spiro atoms. The first-order valence-electron chi connectivity index (χ1n) is 12.0. The van der Waals surface area contributed by atoms with Crippen molar-refractivity contribution in [1.82, 2.24) is 20.2 Å². The molecule has 2 heterocycles.